The summed E-state index contributed by atoms with van der Waals surface area (Å²) < 4.78 is 38.0. The van der Waals surface area contributed by atoms with E-state index in [1.54, 1.807) is 0 Å². The summed E-state index contributed by atoms with van der Waals surface area (Å²) >= 11 is -0.291. The topological polar surface area (TPSA) is 115 Å². The lowest BCUT2D eigenvalue weighted by atomic mass is 10.3. The molecule has 0 aliphatic rings. The summed E-state index contributed by atoms with van der Waals surface area (Å²) in [6.45, 7) is 0. The molecular weight excluding hydrogens is 288 g/mol. The first-order valence-corrected chi connectivity index (χ1v) is 6.54. The van der Waals surface area contributed by atoms with Crippen molar-refractivity contribution in [3.8, 4) is 0 Å². The van der Waals surface area contributed by atoms with Crippen LogP contribution in [0.3, 0.4) is 0 Å². The highest BCUT2D eigenvalue weighted by Gasteiger charge is 1.96. The van der Waals surface area contributed by atoms with Crippen LogP contribution in [0.5, 0.6) is 0 Å². The summed E-state index contributed by atoms with van der Waals surface area (Å²) in [5.74, 6) is 0. The minimum Gasteiger partial charge on any atom is -0.299 e. The first-order valence-electron chi connectivity index (χ1n) is 4.06. The van der Waals surface area contributed by atoms with E-state index in [1.165, 1.54) is 0 Å². The van der Waals surface area contributed by atoms with Gasteiger partial charge >= 0.3 is 22.7 Å². The van der Waals surface area contributed by atoms with E-state index in [1.807, 2.05) is 24.3 Å². The average molecular weight is 296 g/mol. The molecule has 0 aliphatic carbocycles. The molecule has 2 aromatic rings. The maximum Gasteiger partial charge on any atom is 0.317 e. The molecule has 0 fully saturated rings. The fourth-order valence-corrected chi connectivity index (χ4v) is 1.66. The summed E-state index contributed by atoms with van der Waals surface area (Å²) in [6, 6.07) is 7.92. The minimum absolute atomic E-state index is 0.774. The van der Waals surface area contributed by atoms with Crippen molar-refractivity contribution in [1.29, 1.82) is 0 Å². The second-order valence-corrected chi connectivity index (χ2v) is 4.45. The molecule has 2 rings (SSSR count). The number of H-pyrrole nitrogens is 2. The number of rotatable bonds is 2. The van der Waals surface area contributed by atoms with Gasteiger partial charge in [-0.05, 0) is 12.1 Å². The molecule has 0 spiro atoms. The SMILES string of the molecule is O=S(O)OS(=O)O.S=c1[nH][nH]c2ccccc12. The number of para-hydroxylation sites is 1. The molecule has 1 aromatic carbocycles. The zero-order valence-electron chi connectivity index (χ0n) is 8.15. The normalized spacial score (nSPS) is 13.8. The molecule has 17 heavy (non-hydrogen) atoms. The molecule has 1 heterocycles. The highest BCUT2D eigenvalue weighted by Crippen LogP contribution is 2.09. The number of benzene rings is 1. The standard InChI is InChI=1S/C7H6N2S.H2O5S2/c10-7-5-3-1-2-4-6(5)8-9-7;1-6(2)5-7(3)4/h1-4H,(H2,8,9,10);(H,1,2)(H,3,4). The lowest BCUT2D eigenvalue weighted by Crippen LogP contribution is -1.96. The van der Waals surface area contributed by atoms with Gasteiger partial charge < -0.3 is 0 Å². The average Bonchev–Trinajstić information content (AvgIpc) is 2.60. The lowest BCUT2D eigenvalue weighted by molar-refractivity contribution is 0.427. The Bertz CT molecular complexity index is 580. The van der Waals surface area contributed by atoms with Crippen molar-refractivity contribution in [3.63, 3.8) is 0 Å². The van der Waals surface area contributed by atoms with Gasteiger partial charge in [-0.2, -0.15) is 8.42 Å². The Morgan fingerprint density at radius 1 is 1.12 bits per heavy atom. The number of aromatic nitrogens is 2. The first-order chi connectivity index (χ1) is 8.00. The molecule has 0 amide bonds. The zero-order valence-corrected chi connectivity index (χ0v) is 10.6. The summed E-state index contributed by atoms with van der Waals surface area (Å²) in [4.78, 5) is 0. The van der Waals surface area contributed by atoms with Crippen LogP contribution in [0.25, 0.3) is 10.9 Å². The van der Waals surface area contributed by atoms with E-state index >= 15 is 0 Å². The number of hydrogen-bond acceptors (Lipinski definition) is 4. The van der Waals surface area contributed by atoms with Gasteiger partial charge in [-0.1, -0.05) is 24.4 Å². The van der Waals surface area contributed by atoms with E-state index in [0.29, 0.717) is 0 Å². The molecule has 7 nitrogen and oxygen atoms in total. The molecule has 0 saturated carbocycles. The van der Waals surface area contributed by atoms with Crippen molar-refractivity contribution in [2.45, 2.75) is 0 Å². The van der Waals surface area contributed by atoms with Crippen molar-refractivity contribution in [2.24, 2.45) is 0 Å². The van der Waals surface area contributed by atoms with Crippen LogP contribution in [0.15, 0.2) is 24.3 Å². The van der Waals surface area contributed by atoms with Crippen LogP contribution in [0.4, 0.5) is 0 Å². The Labute approximate surface area is 106 Å². The maximum atomic E-state index is 9.35. The summed E-state index contributed by atoms with van der Waals surface area (Å²) in [7, 11) is 0. The van der Waals surface area contributed by atoms with Gasteiger partial charge in [-0.3, -0.25) is 19.3 Å². The van der Waals surface area contributed by atoms with E-state index in [2.05, 4.69) is 13.8 Å². The predicted octanol–water partition coefficient (Wildman–Crippen LogP) is 1.50. The van der Waals surface area contributed by atoms with Gasteiger partial charge in [0.25, 0.3) is 0 Å². The van der Waals surface area contributed by atoms with Crippen LogP contribution < -0.4 is 0 Å². The quantitative estimate of drug-likeness (QED) is 0.493. The Morgan fingerprint density at radius 2 is 1.71 bits per heavy atom. The van der Waals surface area contributed by atoms with Crippen LogP contribution in [0, 0.1) is 4.64 Å². The second-order valence-electron chi connectivity index (χ2n) is 2.63. The fourth-order valence-electron chi connectivity index (χ4n) is 1.03. The molecule has 10 heteroatoms. The highest BCUT2D eigenvalue weighted by atomic mass is 32.3. The smallest absolute Gasteiger partial charge is 0.299 e. The maximum absolute atomic E-state index is 9.35. The van der Waals surface area contributed by atoms with Crippen molar-refractivity contribution >= 4 is 45.8 Å². The molecule has 0 atom stereocenters. The first kappa shape index (κ1) is 14.2. The van der Waals surface area contributed by atoms with E-state index < -0.39 is 22.7 Å². The molecular formula is C7H8N2O5S3. The van der Waals surface area contributed by atoms with Gasteiger partial charge in [0, 0.05) is 5.39 Å². The zero-order chi connectivity index (χ0) is 12.8. The number of fused-ring (bicyclic) bond motifs is 1. The van der Waals surface area contributed by atoms with Crippen molar-refractivity contribution in [3.05, 3.63) is 28.9 Å². The third-order valence-electron chi connectivity index (χ3n) is 1.60. The van der Waals surface area contributed by atoms with Crippen LogP contribution >= 0.6 is 12.2 Å². The number of hydrogen-bond donors (Lipinski definition) is 4. The summed E-state index contributed by atoms with van der Waals surface area (Å²) in [5, 5.41) is 6.91. The third-order valence-corrected chi connectivity index (χ3v) is 2.85. The van der Waals surface area contributed by atoms with Crippen LogP contribution in [-0.4, -0.2) is 27.7 Å². The summed E-state index contributed by atoms with van der Waals surface area (Å²) in [6.07, 6.45) is 0. The van der Waals surface area contributed by atoms with Crippen molar-refractivity contribution < 1.29 is 21.2 Å². The number of nitrogens with one attached hydrogen (secondary N) is 2. The van der Waals surface area contributed by atoms with Gasteiger partial charge in [0.1, 0.15) is 4.64 Å². The van der Waals surface area contributed by atoms with Gasteiger partial charge in [0.2, 0.25) is 0 Å². The molecule has 0 bridgehead atoms. The van der Waals surface area contributed by atoms with Gasteiger partial charge in [-0.25, -0.2) is 0 Å². The Kier molecular flexibility index (Phi) is 5.61. The molecule has 0 aliphatic heterocycles. The molecule has 4 N–H and O–H groups in total. The predicted molar refractivity (Wildman–Crippen MR) is 66.1 cm³/mol. The monoisotopic (exact) mass is 296 g/mol. The van der Waals surface area contributed by atoms with Gasteiger partial charge in [-0.15, -0.1) is 3.63 Å². The molecule has 94 valence electrons. The lowest BCUT2D eigenvalue weighted by Gasteiger charge is -1.82. The van der Waals surface area contributed by atoms with Crippen LogP contribution in [0.2, 0.25) is 0 Å². The summed E-state index contributed by atoms with van der Waals surface area (Å²) in [5.41, 5.74) is 1.06. The van der Waals surface area contributed by atoms with Crippen LogP contribution in [-0.2, 0) is 26.4 Å². The Hall–Kier alpha value is -0.910. The van der Waals surface area contributed by atoms with E-state index in [-0.39, 0.29) is 0 Å². The second kappa shape index (κ2) is 6.74. The van der Waals surface area contributed by atoms with Crippen molar-refractivity contribution in [1.82, 2.24) is 10.2 Å². The van der Waals surface area contributed by atoms with E-state index in [4.69, 9.17) is 21.3 Å². The Morgan fingerprint density at radius 3 is 2.18 bits per heavy atom. The largest absolute Gasteiger partial charge is 0.317 e. The third kappa shape index (κ3) is 4.85. The minimum atomic E-state index is -2.65. The fraction of sp³-hybridized carbons (Fsp3) is 0. The van der Waals surface area contributed by atoms with Gasteiger partial charge in [0.05, 0.1) is 5.52 Å². The molecule has 0 radical (unpaired) electrons. The van der Waals surface area contributed by atoms with E-state index in [9.17, 15) is 8.42 Å². The van der Waals surface area contributed by atoms with Gasteiger partial charge in [0.15, 0.2) is 0 Å². The van der Waals surface area contributed by atoms with Crippen LogP contribution in [0.1, 0.15) is 0 Å². The highest BCUT2D eigenvalue weighted by molar-refractivity contribution is 7.87. The van der Waals surface area contributed by atoms with E-state index in [0.717, 1.165) is 15.5 Å². The molecule has 0 saturated heterocycles. The van der Waals surface area contributed by atoms with Crippen molar-refractivity contribution in [2.75, 3.05) is 0 Å². The molecule has 0 unspecified atom stereocenters. The molecule has 1 aromatic heterocycles. The Balaban J connectivity index is 0.000000185. The number of aromatic amines is 2.